The SMILES string of the molecule is COC(=O)c1ccc(NC(C)(C=O)c2cc(F)ccc2Nc2ccc(Cl)cc2)cc1. The molecule has 0 fully saturated rings. The lowest BCUT2D eigenvalue weighted by atomic mass is 9.91. The van der Waals surface area contributed by atoms with E-state index in [1.165, 1.54) is 19.2 Å². The zero-order valence-corrected chi connectivity index (χ0v) is 17.2. The molecule has 2 N–H and O–H groups in total. The predicted molar refractivity (Wildman–Crippen MR) is 116 cm³/mol. The van der Waals surface area contributed by atoms with Crippen molar-refractivity contribution in [2.75, 3.05) is 17.7 Å². The fourth-order valence-electron chi connectivity index (χ4n) is 3.01. The average Bonchev–Trinajstić information content (AvgIpc) is 2.76. The van der Waals surface area contributed by atoms with Gasteiger partial charge in [-0.2, -0.15) is 0 Å². The van der Waals surface area contributed by atoms with Crippen LogP contribution in [0.3, 0.4) is 0 Å². The van der Waals surface area contributed by atoms with Crippen LogP contribution in [0.25, 0.3) is 0 Å². The summed E-state index contributed by atoms with van der Waals surface area (Å²) in [5.74, 6) is -0.929. The number of hydrogen-bond donors (Lipinski definition) is 2. The van der Waals surface area contributed by atoms with E-state index in [1.807, 2.05) is 0 Å². The van der Waals surface area contributed by atoms with Crippen LogP contribution in [0.15, 0.2) is 66.7 Å². The van der Waals surface area contributed by atoms with Gasteiger partial charge in [0.2, 0.25) is 0 Å². The average molecular weight is 427 g/mol. The van der Waals surface area contributed by atoms with Gasteiger partial charge in [0.05, 0.1) is 12.7 Å². The molecule has 0 spiro atoms. The molecule has 0 heterocycles. The van der Waals surface area contributed by atoms with Gasteiger partial charge in [-0.25, -0.2) is 9.18 Å². The van der Waals surface area contributed by atoms with Crippen LogP contribution in [0.1, 0.15) is 22.8 Å². The van der Waals surface area contributed by atoms with Gasteiger partial charge in [-0.1, -0.05) is 11.6 Å². The molecule has 154 valence electrons. The number of esters is 1. The summed E-state index contributed by atoms with van der Waals surface area (Å²) in [4.78, 5) is 23.7. The Morgan fingerprint density at radius 2 is 1.67 bits per heavy atom. The van der Waals surface area contributed by atoms with Crippen molar-refractivity contribution in [2.45, 2.75) is 12.5 Å². The number of hydrogen-bond acceptors (Lipinski definition) is 5. The van der Waals surface area contributed by atoms with E-state index in [0.717, 1.165) is 5.69 Å². The van der Waals surface area contributed by atoms with Crippen LogP contribution in [0, 0.1) is 5.82 Å². The molecule has 5 nitrogen and oxygen atoms in total. The van der Waals surface area contributed by atoms with Crippen LogP contribution in [0.5, 0.6) is 0 Å². The number of benzene rings is 3. The summed E-state index contributed by atoms with van der Waals surface area (Å²) in [7, 11) is 1.30. The molecule has 0 aliphatic heterocycles. The maximum Gasteiger partial charge on any atom is 0.337 e. The van der Waals surface area contributed by atoms with Crippen LogP contribution in [0.2, 0.25) is 5.02 Å². The van der Waals surface area contributed by atoms with Crippen molar-refractivity contribution in [3.05, 3.63) is 88.7 Å². The second kappa shape index (κ2) is 8.97. The molecule has 3 aromatic rings. The Morgan fingerprint density at radius 3 is 2.27 bits per heavy atom. The molecule has 0 aromatic heterocycles. The van der Waals surface area contributed by atoms with E-state index in [0.29, 0.717) is 33.8 Å². The summed E-state index contributed by atoms with van der Waals surface area (Å²) in [6, 6.07) is 17.7. The highest BCUT2D eigenvalue weighted by molar-refractivity contribution is 6.30. The van der Waals surface area contributed by atoms with Gasteiger partial charge < -0.3 is 20.2 Å². The summed E-state index contributed by atoms with van der Waals surface area (Å²) in [5.41, 5.74) is 1.44. The minimum atomic E-state index is -1.25. The molecule has 0 saturated heterocycles. The number of carbonyl (C=O) groups is 2. The monoisotopic (exact) mass is 426 g/mol. The van der Waals surface area contributed by atoms with Crippen molar-refractivity contribution in [3.8, 4) is 0 Å². The Balaban J connectivity index is 1.94. The second-order valence-electron chi connectivity index (χ2n) is 6.84. The largest absolute Gasteiger partial charge is 0.465 e. The number of aldehydes is 1. The highest BCUT2D eigenvalue weighted by Crippen LogP contribution is 2.33. The third kappa shape index (κ3) is 4.78. The first-order valence-corrected chi connectivity index (χ1v) is 9.48. The smallest absolute Gasteiger partial charge is 0.337 e. The predicted octanol–water partition coefficient (Wildman–Crippen LogP) is 5.54. The van der Waals surface area contributed by atoms with Crippen LogP contribution in [-0.2, 0) is 15.1 Å². The molecule has 0 bridgehead atoms. The lowest BCUT2D eigenvalue weighted by Crippen LogP contribution is -2.34. The van der Waals surface area contributed by atoms with Crippen molar-refractivity contribution in [3.63, 3.8) is 0 Å². The topological polar surface area (TPSA) is 67.4 Å². The van der Waals surface area contributed by atoms with Gasteiger partial charge in [0.25, 0.3) is 0 Å². The molecular formula is C23H20ClFN2O3. The van der Waals surface area contributed by atoms with E-state index < -0.39 is 17.3 Å². The third-order valence-corrected chi connectivity index (χ3v) is 4.86. The van der Waals surface area contributed by atoms with Crippen molar-refractivity contribution in [1.82, 2.24) is 0 Å². The van der Waals surface area contributed by atoms with Gasteiger partial charge in [-0.15, -0.1) is 0 Å². The third-order valence-electron chi connectivity index (χ3n) is 4.61. The fourth-order valence-corrected chi connectivity index (χ4v) is 3.14. The molecule has 3 rings (SSSR count). The highest BCUT2D eigenvalue weighted by atomic mass is 35.5. The number of ether oxygens (including phenoxy) is 1. The van der Waals surface area contributed by atoms with Crippen LogP contribution in [-0.4, -0.2) is 19.4 Å². The molecule has 0 radical (unpaired) electrons. The summed E-state index contributed by atoms with van der Waals surface area (Å²) in [5, 5.41) is 6.91. The minimum Gasteiger partial charge on any atom is -0.465 e. The maximum atomic E-state index is 14.1. The van der Waals surface area contributed by atoms with Gasteiger partial charge in [0.15, 0.2) is 0 Å². The fraction of sp³-hybridized carbons (Fsp3) is 0.130. The molecular weight excluding hydrogens is 407 g/mol. The summed E-state index contributed by atoms with van der Waals surface area (Å²) in [6.45, 7) is 1.65. The van der Waals surface area contributed by atoms with Crippen molar-refractivity contribution in [1.29, 1.82) is 0 Å². The zero-order valence-electron chi connectivity index (χ0n) is 16.4. The van der Waals surface area contributed by atoms with Crippen LogP contribution < -0.4 is 10.6 Å². The van der Waals surface area contributed by atoms with E-state index >= 15 is 0 Å². The Morgan fingerprint density at radius 1 is 1.03 bits per heavy atom. The number of anilines is 3. The number of carbonyl (C=O) groups excluding carboxylic acids is 2. The van der Waals surface area contributed by atoms with Gasteiger partial charge in [-0.05, 0) is 73.7 Å². The maximum absolute atomic E-state index is 14.1. The van der Waals surface area contributed by atoms with Crippen molar-refractivity contribution in [2.24, 2.45) is 0 Å². The number of nitrogens with one attached hydrogen (secondary N) is 2. The molecule has 1 unspecified atom stereocenters. The lowest BCUT2D eigenvalue weighted by Gasteiger charge is -2.29. The molecule has 0 amide bonds. The quantitative estimate of drug-likeness (QED) is 0.383. The van der Waals surface area contributed by atoms with Gasteiger partial charge >= 0.3 is 5.97 Å². The number of methoxy groups -OCH3 is 1. The lowest BCUT2D eigenvalue weighted by molar-refractivity contribution is -0.111. The Kier molecular flexibility index (Phi) is 6.37. The number of rotatable bonds is 7. The first-order chi connectivity index (χ1) is 14.3. The van der Waals surface area contributed by atoms with Crippen molar-refractivity contribution < 1.29 is 18.7 Å². The van der Waals surface area contributed by atoms with E-state index in [4.69, 9.17) is 11.6 Å². The minimum absolute atomic E-state index is 0.381. The van der Waals surface area contributed by atoms with E-state index in [9.17, 15) is 14.0 Å². The van der Waals surface area contributed by atoms with E-state index in [-0.39, 0.29) is 0 Å². The molecule has 0 aliphatic rings. The Bertz CT molecular complexity index is 1060. The normalized spacial score (nSPS) is 12.5. The first-order valence-electron chi connectivity index (χ1n) is 9.10. The zero-order chi connectivity index (χ0) is 21.7. The van der Waals surface area contributed by atoms with Crippen LogP contribution in [0.4, 0.5) is 21.5 Å². The molecule has 30 heavy (non-hydrogen) atoms. The van der Waals surface area contributed by atoms with Gasteiger partial charge in [0, 0.05) is 27.6 Å². The number of halogens is 2. The van der Waals surface area contributed by atoms with Crippen molar-refractivity contribution >= 4 is 40.9 Å². The highest BCUT2D eigenvalue weighted by Gasteiger charge is 2.29. The first kappa shape index (κ1) is 21.3. The standard InChI is InChI=1S/C23H20ClFN2O3/c1-23(14-28,27-19-8-3-15(4-9-19)22(29)30-2)20-13-17(25)7-12-21(20)26-18-10-5-16(24)6-11-18/h3-14,26-27H,1-2H3. The molecule has 0 aliphatic carbocycles. The van der Waals surface area contributed by atoms with E-state index in [2.05, 4.69) is 15.4 Å². The second-order valence-corrected chi connectivity index (χ2v) is 7.27. The van der Waals surface area contributed by atoms with Crippen LogP contribution >= 0.6 is 11.6 Å². The molecule has 1 atom stereocenters. The molecule has 0 saturated carbocycles. The molecule has 7 heteroatoms. The summed E-state index contributed by atoms with van der Waals surface area (Å²) < 4.78 is 18.8. The molecule has 3 aromatic carbocycles. The van der Waals surface area contributed by atoms with Gasteiger partial charge in [-0.3, -0.25) is 0 Å². The Hall–Kier alpha value is -3.38. The summed E-state index contributed by atoms with van der Waals surface area (Å²) in [6.07, 6.45) is 0.711. The van der Waals surface area contributed by atoms with E-state index in [1.54, 1.807) is 61.5 Å². The van der Waals surface area contributed by atoms with Gasteiger partial charge in [0.1, 0.15) is 17.6 Å². The summed E-state index contributed by atoms with van der Waals surface area (Å²) >= 11 is 5.93. The Labute approximate surface area is 178 Å².